The normalized spacial score (nSPS) is 10.1. The summed E-state index contributed by atoms with van der Waals surface area (Å²) < 4.78 is 5.17. The highest BCUT2D eigenvalue weighted by atomic mass is 16.6. The summed E-state index contributed by atoms with van der Waals surface area (Å²) in [4.78, 5) is 14.4. The number of nitro benzene ring substituents is 1. The lowest BCUT2D eigenvalue weighted by atomic mass is 10.1. The Morgan fingerprint density at radius 3 is 2.85 bits per heavy atom. The summed E-state index contributed by atoms with van der Waals surface area (Å²) in [5.41, 5.74) is 2.91. The highest BCUT2D eigenvalue weighted by molar-refractivity contribution is 5.60. The number of aromatic nitrogens is 1. The molecule has 0 spiro atoms. The molecule has 0 aliphatic heterocycles. The van der Waals surface area contributed by atoms with Gasteiger partial charge in [-0.25, -0.2) is 0 Å². The summed E-state index contributed by atoms with van der Waals surface area (Å²) in [6.45, 7) is 2.58. The van der Waals surface area contributed by atoms with E-state index in [1.807, 2.05) is 13.0 Å². The van der Waals surface area contributed by atoms with Crippen LogP contribution >= 0.6 is 0 Å². The Morgan fingerprint density at radius 2 is 2.20 bits per heavy atom. The van der Waals surface area contributed by atoms with Crippen molar-refractivity contribution in [3.63, 3.8) is 0 Å². The Bertz CT molecular complexity index is 629. The van der Waals surface area contributed by atoms with Gasteiger partial charge in [0.1, 0.15) is 5.75 Å². The summed E-state index contributed by atoms with van der Waals surface area (Å²) >= 11 is 0. The Labute approximate surface area is 116 Å². The highest BCUT2D eigenvalue weighted by Gasteiger charge is 2.11. The summed E-state index contributed by atoms with van der Waals surface area (Å²) in [5.74, 6) is 0.445. The topological polar surface area (TPSA) is 77.3 Å². The molecule has 0 atom stereocenters. The van der Waals surface area contributed by atoms with Gasteiger partial charge in [0.2, 0.25) is 0 Å². The zero-order valence-corrected chi connectivity index (χ0v) is 11.3. The fraction of sp³-hybridized carbons (Fsp3) is 0.214. The van der Waals surface area contributed by atoms with Gasteiger partial charge in [-0.05, 0) is 30.2 Å². The van der Waals surface area contributed by atoms with E-state index in [0.717, 1.165) is 11.1 Å². The van der Waals surface area contributed by atoms with E-state index in [9.17, 15) is 10.1 Å². The van der Waals surface area contributed by atoms with Crippen LogP contribution in [0.15, 0.2) is 36.7 Å². The lowest BCUT2D eigenvalue weighted by molar-refractivity contribution is -0.384. The Balaban J connectivity index is 2.17. The first kappa shape index (κ1) is 13.8. The predicted molar refractivity (Wildman–Crippen MR) is 75.9 cm³/mol. The molecular weight excluding hydrogens is 258 g/mol. The molecule has 0 saturated heterocycles. The van der Waals surface area contributed by atoms with Crippen molar-refractivity contribution in [2.24, 2.45) is 0 Å². The van der Waals surface area contributed by atoms with Crippen LogP contribution < -0.4 is 10.1 Å². The molecule has 104 valence electrons. The number of pyridine rings is 1. The maximum Gasteiger partial charge on any atom is 0.273 e. The number of non-ortho nitro benzene ring substituents is 1. The average molecular weight is 273 g/mol. The fourth-order valence-electron chi connectivity index (χ4n) is 1.81. The molecule has 0 aliphatic rings. The average Bonchev–Trinajstić information content (AvgIpc) is 2.46. The van der Waals surface area contributed by atoms with Crippen molar-refractivity contribution in [1.82, 2.24) is 4.98 Å². The minimum absolute atomic E-state index is 0.00459. The van der Waals surface area contributed by atoms with Gasteiger partial charge >= 0.3 is 0 Å². The molecule has 0 amide bonds. The number of hydrogen-bond acceptors (Lipinski definition) is 5. The van der Waals surface area contributed by atoms with Crippen molar-refractivity contribution in [3.05, 3.63) is 57.9 Å². The third-order valence-electron chi connectivity index (χ3n) is 3.01. The molecule has 1 aromatic heterocycles. The van der Waals surface area contributed by atoms with E-state index >= 15 is 0 Å². The van der Waals surface area contributed by atoms with Gasteiger partial charge in [0, 0.05) is 25.0 Å². The first-order chi connectivity index (χ1) is 9.61. The van der Waals surface area contributed by atoms with E-state index in [0.29, 0.717) is 18.0 Å². The van der Waals surface area contributed by atoms with Crippen LogP contribution in [0.2, 0.25) is 0 Å². The molecule has 1 aromatic carbocycles. The van der Waals surface area contributed by atoms with Crippen LogP contribution in [-0.4, -0.2) is 17.0 Å². The number of hydrogen-bond donors (Lipinski definition) is 1. The highest BCUT2D eigenvalue weighted by Crippen LogP contribution is 2.29. The molecule has 1 N–H and O–H groups in total. The van der Waals surface area contributed by atoms with Gasteiger partial charge in [0.15, 0.2) is 0 Å². The summed E-state index contributed by atoms with van der Waals surface area (Å²) in [6.07, 6.45) is 3.53. The van der Waals surface area contributed by atoms with Gasteiger partial charge < -0.3 is 10.1 Å². The van der Waals surface area contributed by atoms with Crippen LogP contribution in [0.1, 0.15) is 11.1 Å². The third-order valence-corrected chi connectivity index (χ3v) is 3.01. The van der Waals surface area contributed by atoms with Crippen molar-refractivity contribution in [2.75, 3.05) is 12.4 Å². The van der Waals surface area contributed by atoms with E-state index in [1.54, 1.807) is 18.5 Å². The van der Waals surface area contributed by atoms with Crippen molar-refractivity contribution in [3.8, 4) is 5.75 Å². The van der Waals surface area contributed by atoms with E-state index in [1.165, 1.54) is 19.2 Å². The monoisotopic (exact) mass is 273 g/mol. The van der Waals surface area contributed by atoms with Gasteiger partial charge in [0.25, 0.3) is 5.69 Å². The molecule has 6 nitrogen and oxygen atoms in total. The quantitative estimate of drug-likeness (QED) is 0.669. The van der Waals surface area contributed by atoms with Gasteiger partial charge in [0.05, 0.1) is 23.8 Å². The molecule has 2 aromatic rings. The maximum atomic E-state index is 10.7. The molecule has 1 heterocycles. The second kappa shape index (κ2) is 6.01. The zero-order valence-electron chi connectivity index (χ0n) is 11.3. The van der Waals surface area contributed by atoms with Gasteiger partial charge in [-0.15, -0.1) is 0 Å². The van der Waals surface area contributed by atoms with Crippen LogP contribution in [0.4, 0.5) is 11.4 Å². The van der Waals surface area contributed by atoms with E-state index < -0.39 is 4.92 Å². The van der Waals surface area contributed by atoms with Gasteiger partial charge in [-0.1, -0.05) is 0 Å². The summed E-state index contributed by atoms with van der Waals surface area (Å²) in [7, 11) is 1.49. The lowest BCUT2D eigenvalue weighted by Gasteiger charge is -2.12. The van der Waals surface area contributed by atoms with Crippen LogP contribution in [-0.2, 0) is 6.54 Å². The number of anilines is 1. The van der Waals surface area contributed by atoms with E-state index in [2.05, 4.69) is 10.3 Å². The Kier molecular flexibility index (Phi) is 4.14. The van der Waals surface area contributed by atoms with Crippen molar-refractivity contribution in [2.45, 2.75) is 13.5 Å². The van der Waals surface area contributed by atoms with Crippen molar-refractivity contribution >= 4 is 11.4 Å². The smallest absolute Gasteiger partial charge is 0.273 e. The number of methoxy groups -OCH3 is 1. The van der Waals surface area contributed by atoms with Crippen LogP contribution in [0, 0.1) is 17.0 Å². The molecular formula is C14H15N3O3. The zero-order chi connectivity index (χ0) is 14.5. The number of nitro groups is 1. The first-order valence-electron chi connectivity index (χ1n) is 6.07. The minimum atomic E-state index is -0.447. The molecule has 0 unspecified atom stereocenters. The molecule has 2 rings (SSSR count). The molecule has 0 bridgehead atoms. The fourth-order valence-corrected chi connectivity index (χ4v) is 1.81. The molecule has 6 heteroatoms. The summed E-state index contributed by atoms with van der Waals surface area (Å²) in [6, 6.07) is 6.42. The van der Waals surface area contributed by atoms with E-state index in [4.69, 9.17) is 4.74 Å². The summed E-state index contributed by atoms with van der Waals surface area (Å²) in [5, 5.41) is 13.9. The van der Waals surface area contributed by atoms with Crippen molar-refractivity contribution in [1.29, 1.82) is 0 Å². The largest absolute Gasteiger partial charge is 0.494 e. The SMILES string of the molecule is COc1cc([N+](=O)[O-])ccc1NCc1cnccc1C. The Morgan fingerprint density at radius 1 is 1.40 bits per heavy atom. The van der Waals surface area contributed by atoms with Crippen LogP contribution in [0.5, 0.6) is 5.75 Å². The standard InChI is InChI=1S/C14H15N3O3/c1-10-5-6-15-8-11(10)9-16-13-4-3-12(17(18)19)7-14(13)20-2/h3-8,16H,9H2,1-2H3. The molecule has 0 fully saturated rings. The maximum absolute atomic E-state index is 10.7. The van der Waals surface area contributed by atoms with Gasteiger partial charge in [-0.3, -0.25) is 15.1 Å². The second-order valence-corrected chi connectivity index (χ2v) is 4.30. The van der Waals surface area contributed by atoms with Crippen LogP contribution in [0.3, 0.4) is 0 Å². The number of benzene rings is 1. The number of rotatable bonds is 5. The number of aryl methyl sites for hydroxylation is 1. The van der Waals surface area contributed by atoms with Crippen LogP contribution in [0.25, 0.3) is 0 Å². The number of nitrogens with one attached hydrogen (secondary N) is 1. The molecule has 0 radical (unpaired) electrons. The first-order valence-corrected chi connectivity index (χ1v) is 6.07. The van der Waals surface area contributed by atoms with Crippen molar-refractivity contribution < 1.29 is 9.66 Å². The molecule has 0 aliphatic carbocycles. The second-order valence-electron chi connectivity index (χ2n) is 4.30. The van der Waals surface area contributed by atoms with Gasteiger partial charge in [-0.2, -0.15) is 0 Å². The Hall–Kier alpha value is -2.63. The molecule has 0 saturated carbocycles. The molecule has 20 heavy (non-hydrogen) atoms. The van der Waals surface area contributed by atoms with E-state index in [-0.39, 0.29) is 5.69 Å². The third kappa shape index (κ3) is 3.03. The predicted octanol–water partition coefficient (Wildman–Crippen LogP) is 2.92. The minimum Gasteiger partial charge on any atom is -0.494 e. The number of ether oxygens (including phenoxy) is 1. The number of nitrogens with zero attached hydrogens (tertiary/aromatic N) is 2. The lowest BCUT2D eigenvalue weighted by Crippen LogP contribution is -2.03.